The van der Waals surface area contributed by atoms with Crippen LogP contribution in [0.4, 0.5) is 0 Å². The molecule has 0 unspecified atom stereocenters. The smallest absolute Gasteiger partial charge is 0.374 e. The molecule has 0 spiro atoms. The van der Waals surface area contributed by atoms with E-state index < -0.39 is 5.97 Å². The minimum atomic E-state index is -0.710. The predicted molar refractivity (Wildman–Crippen MR) is 102 cm³/mol. The van der Waals surface area contributed by atoms with Crippen LogP contribution in [0.3, 0.4) is 0 Å². The molecule has 0 amide bonds. The SMILES string of the molecule is N#CCn1c(COC(=O)c2cc3cc(Cl)ccc3o2)nc2ccccc2c1=O. The van der Waals surface area contributed by atoms with Crippen molar-refractivity contribution in [1.29, 1.82) is 5.26 Å². The van der Waals surface area contributed by atoms with Gasteiger partial charge in [0, 0.05) is 10.4 Å². The molecule has 0 aliphatic rings. The molecule has 0 radical (unpaired) electrons. The van der Waals surface area contributed by atoms with Gasteiger partial charge >= 0.3 is 5.97 Å². The lowest BCUT2D eigenvalue weighted by molar-refractivity contribution is 0.0423. The van der Waals surface area contributed by atoms with E-state index in [0.29, 0.717) is 26.9 Å². The number of esters is 1. The van der Waals surface area contributed by atoms with Crippen LogP contribution in [0.2, 0.25) is 5.02 Å². The van der Waals surface area contributed by atoms with Gasteiger partial charge in [-0.25, -0.2) is 9.78 Å². The number of nitrogens with zero attached hydrogens (tertiary/aromatic N) is 3. The van der Waals surface area contributed by atoms with E-state index in [1.54, 1.807) is 42.5 Å². The second-order valence-corrected chi connectivity index (χ2v) is 6.40. The molecule has 28 heavy (non-hydrogen) atoms. The van der Waals surface area contributed by atoms with Crippen LogP contribution in [0.15, 0.2) is 57.7 Å². The van der Waals surface area contributed by atoms with Crippen molar-refractivity contribution < 1.29 is 13.9 Å². The zero-order valence-electron chi connectivity index (χ0n) is 14.4. The normalized spacial score (nSPS) is 10.9. The molecule has 0 aliphatic carbocycles. The van der Waals surface area contributed by atoms with Crippen LogP contribution in [0.5, 0.6) is 0 Å². The maximum absolute atomic E-state index is 12.6. The van der Waals surface area contributed by atoms with E-state index in [1.165, 1.54) is 10.6 Å². The summed E-state index contributed by atoms with van der Waals surface area (Å²) in [5.41, 5.74) is 0.601. The Balaban J connectivity index is 1.64. The fraction of sp³-hybridized carbons (Fsp3) is 0.100. The van der Waals surface area contributed by atoms with Crippen LogP contribution in [0.25, 0.3) is 21.9 Å². The zero-order chi connectivity index (χ0) is 19.7. The third-order valence-corrected chi connectivity index (χ3v) is 4.42. The van der Waals surface area contributed by atoms with Gasteiger partial charge in [-0.1, -0.05) is 23.7 Å². The highest BCUT2D eigenvalue weighted by atomic mass is 35.5. The Hall–Kier alpha value is -3.63. The van der Waals surface area contributed by atoms with Gasteiger partial charge in [0.05, 0.1) is 17.0 Å². The Morgan fingerprint density at radius 1 is 1.25 bits per heavy atom. The Morgan fingerprint density at radius 2 is 2.07 bits per heavy atom. The van der Waals surface area contributed by atoms with Crippen LogP contribution < -0.4 is 5.56 Å². The van der Waals surface area contributed by atoms with Gasteiger partial charge in [-0.05, 0) is 36.4 Å². The monoisotopic (exact) mass is 393 g/mol. The lowest BCUT2D eigenvalue weighted by Crippen LogP contribution is -2.26. The number of nitriles is 1. The van der Waals surface area contributed by atoms with Crippen molar-refractivity contribution in [3.63, 3.8) is 0 Å². The van der Waals surface area contributed by atoms with Crippen LogP contribution in [0.1, 0.15) is 16.4 Å². The molecule has 138 valence electrons. The lowest BCUT2D eigenvalue weighted by atomic mass is 10.2. The number of benzene rings is 2. The van der Waals surface area contributed by atoms with E-state index in [9.17, 15) is 9.59 Å². The number of fused-ring (bicyclic) bond motifs is 2. The molecule has 0 aliphatic heterocycles. The van der Waals surface area contributed by atoms with E-state index in [4.69, 9.17) is 26.0 Å². The average molecular weight is 394 g/mol. The zero-order valence-corrected chi connectivity index (χ0v) is 15.1. The molecule has 2 aromatic carbocycles. The Morgan fingerprint density at radius 3 is 2.89 bits per heavy atom. The van der Waals surface area contributed by atoms with Crippen molar-refractivity contribution in [3.05, 3.63) is 75.5 Å². The molecular weight excluding hydrogens is 382 g/mol. The highest BCUT2D eigenvalue weighted by molar-refractivity contribution is 6.31. The van der Waals surface area contributed by atoms with Gasteiger partial charge < -0.3 is 9.15 Å². The number of aromatic nitrogens is 2. The van der Waals surface area contributed by atoms with Crippen molar-refractivity contribution in [1.82, 2.24) is 9.55 Å². The van der Waals surface area contributed by atoms with Gasteiger partial charge in [-0.2, -0.15) is 5.26 Å². The topological polar surface area (TPSA) is 98.1 Å². The molecule has 0 fully saturated rings. The minimum Gasteiger partial charge on any atom is -0.452 e. The van der Waals surface area contributed by atoms with E-state index in [1.807, 2.05) is 6.07 Å². The molecular formula is C20H12ClN3O4. The van der Waals surface area contributed by atoms with E-state index >= 15 is 0 Å². The van der Waals surface area contributed by atoms with E-state index in [0.717, 1.165) is 0 Å². The van der Waals surface area contributed by atoms with Crippen LogP contribution in [-0.4, -0.2) is 15.5 Å². The van der Waals surface area contributed by atoms with Gasteiger partial charge in [0.2, 0.25) is 5.76 Å². The molecule has 0 atom stereocenters. The summed E-state index contributed by atoms with van der Waals surface area (Å²) in [4.78, 5) is 29.3. The summed E-state index contributed by atoms with van der Waals surface area (Å²) in [5, 5.41) is 10.6. The quantitative estimate of drug-likeness (QED) is 0.490. The van der Waals surface area contributed by atoms with E-state index in [-0.39, 0.29) is 30.3 Å². The largest absolute Gasteiger partial charge is 0.452 e. The first-order valence-electron chi connectivity index (χ1n) is 8.28. The number of halogens is 1. The Bertz CT molecular complexity index is 1320. The molecule has 0 bridgehead atoms. The molecule has 2 heterocycles. The first-order valence-corrected chi connectivity index (χ1v) is 8.66. The molecule has 0 saturated carbocycles. The standard InChI is InChI=1S/C20H12ClN3O4/c21-13-5-6-16-12(9-13)10-17(28-16)20(26)27-11-18-23-15-4-2-1-3-14(15)19(25)24(18)8-7-22/h1-6,9-10H,8,11H2. The molecule has 0 saturated heterocycles. The summed E-state index contributed by atoms with van der Waals surface area (Å²) < 4.78 is 11.9. The van der Waals surface area contributed by atoms with Crippen molar-refractivity contribution in [2.45, 2.75) is 13.2 Å². The lowest BCUT2D eigenvalue weighted by Gasteiger charge is -2.10. The highest BCUT2D eigenvalue weighted by Gasteiger charge is 2.17. The number of hydrogen-bond acceptors (Lipinski definition) is 6. The number of rotatable bonds is 4. The molecule has 4 aromatic rings. The summed E-state index contributed by atoms with van der Waals surface area (Å²) in [6.07, 6.45) is 0. The van der Waals surface area contributed by atoms with Gasteiger partial charge in [0.25, 0.3) is 5.56 Å². The second-order valence-electron chi connectivity index (χ2n) is 5.96. The van der Waals surface area contributed by atoms with Crippen LogP contribution >= 0.6 is 11.6 Å². The fourth-order valence-corrected chi connectivity index (χ4v) is 3.05. The van der Waals surface area contributed by atoms with Crippen molar-refractivity contribution >= 4 is 39.4 Å². The van der Waals surface area contributed by atoms with Gasteiger partial charge in [0.15, 0.2) is 5.82 Å². The summed E-state index contributed by atoms with van der Waals surface area (Å²) in [5.74, 6) is -0.525. The number of ether oxygens (including phenoxy) is 1. The second kappa shape index (κ2) is 7.18. The first kappa shape index (κ1) is 17.8. The summed E-state index contributed by atoms with van der Waals surface area (Å²) in [6, 6.07) is 15.2. The molecule has 8 heteroatoms. The molecule has 7 nitrogen and oxygen atoms in total. The molecule has 4 rings (SSSR count). The number of carbonyl (C=O) groups is 1. The van der Waals surface area contributed by atoms with Crippen LogP contribution in [-0.2, 0) is 17.9 Å². The number of para-hydroxylation sites is 1. The Labute approximate surface area is 163 Å². The van der Waals surface area contributed by atoms with Gasteiger partial charge in [0.1, 0.15) is 18.7 Å². The van der Waals surface area contributed by atoms with Crippen molar-refractivity contribution in [3.8, 4) is 6.07 Å². The first-order chi connectivity index (χ1) is 13.6. The molecule has 0 N–H and O–H groups in total. The highest BCUT2D eigenvalue weighted by Crippen LogP contribution is 2.23. The maximum atomic E-state index is 12.6. The molecule has 2 aromatic heterocycles. The summed E-state index contributed by atoms with van der Waals surface area (Å²) >= 11 is 5.93. The fourth-order valence-electron chi connectivity index (χ4n) is 2.87. The van der Waals surface area contributed by atoms with Crippen molar-refractivity contribution in [2.75, 3.05) is 0 Å². The minimum absolute atomic E-state index is 0.00670. The van der Waals surface area contributed by atoms with E-state index in [2.05, 4.69) is 4.98 Å². The third kappa shape index (κ3) is 3.21. The average Bonchev–Trinajstić information content (AvgIpc) is 3.12. The number of hydrogen-bond donors (Lipinski definition) is 0. The van der Waals surface area contributed by atoms with Gasteiger partial charge in [-0.3, -0.25) is 9.36 Å². The van der Waals surface area contributed by atoms with Gasteiger partial charge in [-0.15, -0.1) is 0 Å². The maximum Gasteiger partial charge on any atom is 0.374 e. The van der Waals surface area contributed by atoms with Crippen molar-refractivity contribution in [2.24, 2.45) is 0 Å². The Kier molecular flexibility index (Phi) is 4.55. The number of furan rings is 1. The summed E-state index contributed by atoms with van der Waals surface area (Å²) in [7, 11) is 0. The summed E-state index contributed by atoms with van der Waals surface area (Å²) in [6.45, 7) is -0.481. The third-order valence-electron chi connectivity index (χ3n) is 4.18. The number of carbonyl (C=O) groups excluding carboxylic acids is 1. The predicted octanol–water partition coefficient (Wildman–Crippen LogP) is 3.68. The van der Waals surface area contributed by atoms with Crippen LogP contribution in [0, 0.1) is 11.3 Å².